The summed E-state index contributed by atoms with van der Waals surface area (Å²) in [4.78, 5) is 15.2. The predicted octanol–water partition coefficient (Wildman–Crippen LogP) is 2.56. The van der Waals surface area contributed by atoms with E-state index in [-0.39, 0.29) is 0 Å². The second kappa shape index (κ2) is 5.15. The predicted molar refractivity (Wildman–Crippen MR) is 77.0 cm³/mol. The maximum absolute atomic E-state index is 4.14. The van der Waals surface area contributed by atoms with Crippen LogP contribution in [0.1, 0.15) is 5.56 Å². The lowest BCUT2D eigenvalue weighted by atomic mass is 10.2. The van der Waals surface area contributed by atoms with E-state index in [1.54, 1.807) is 12.5 Å². The van der Waals surface area contributed by atoms with Crippen molar-refractivity contribution in [3.05, 3.63) is 47.0 Å². The van der Waals surface area contributed by atoms with Gasteiger partial charge in [-0.25, -0.2) is 15.0 Å². The lowest BCUT2D eigenvalue weighted by Crippen LogP contribution is -1.95. The van der Waals surface area contributed by atoms with Gasteiger partial charge in [0.05, 0.1) is 12.5 Å². The molecule has 2 heterocycles. The molecular weight excluding hydrogens is 308 g/mol. The fourth-order valence-corrected chi connectivity index (χ4v) is 2.02. The highest BCUT2D eigenvalue weighted by Crippen LogP contribution is 2.14. The number of anilines is 1. The Balaban J connectivity index is 1.81. The van der Waals surface area contributed by atoms with Gasteiger partial charge in [-0.05, 0) is 17.7 Å². The van der Waals surface area contributed by atoms with Crippen molar-refractivity contribution in [2.24, 2.45) is 5.10 Å². The van der Waals surface area contributed by atoms with Crippen molar-refractivity contribution in [3.63, 3.8) is 0 Å². The van der Waals surface area contributed by atoms with E-state index >= 15 is 0 Å². The van der Waals surface area contributed by atoms with E-state index in [0.29, 0.717) is 17.0 Å². The van der Waals surface area contributed by atoms with Crippen molar-refractivity contribution in [3.8, 4) is 0 Å². The molecular formula is C12H9BrN6. The topological polar surface area (TPSA) is 78.9 Å². The van der Waals surface area contributed by atoms with Gasteiger partial charge in [-0.2, -0.15) is 5.10 Å². The smallest absolute Gasteiger partial charge is 0.177 e. The van der Waals surface area contributed by atoms with Crippen LogP contribution in [0.4, 0.5) is 5.82 Å². The highest BCUT2D eigenvalue weighted by Gasteiger charge is 2.03. The molecule has 2 N–H and O–H groups in total. The van der Waals surface area contributed by atoms with E-state index in [2.05, 4.69) is 46.4 Å². The minimum Gasteiger partial charge on any atom is -0.329 e. The first-order valence-corrected chi connectivity index (χ1v) is 6.31. The fourth-order valence-electron chi connectivity index (χ4n) is 1.60. The number of nitrogens with zero attached hydrogens (tertiary/aromatic N) is 4. The molecule has 0 spiro atoms. The lowest BCUT2D eigenvalue weighted by molar-refractivity contribution is 1.17. The Kier molecular flexibility index (Phi) is 3.20. The molecule has 0 radical (unpaired) electrons. The third-order valence-electron chi connectivity index (χ3n) is 2.45. The molecule has 0 aliphatic rings. The number of halogens is 1. The molecule has 2 aromatic heterocycles. The Hall–Kier alpha value is -2.28. The SMILES string of the molecule is Brc1cccc(/C=N/Nc2ncnc3[nH]cnc23)c1. The van der Waals surface area contributed by atoms with Crippen LogP contribution in [0.2, 0.25) is 0 Å². The highest BCUT2D eigenvalue weighted by molar-refractivity contribution is 9.10. The van der Waals surface area contributed by atoms with Gasteiger partial charge in [-0.15, -0.1) is 0 Å². The molecule has 0 amide bonds. The molecule has 94 valence electrons. The Bertz CT molecular complexity index is 736. The molecule has 1 aromatic carbocycles. The summed E-state index contributed by atoms with van der Waals surface area (Å²) in [6, 6.07) is 7.83. The van der Waals surface area contributed by atoms with Gasteiger partial charge in [0.2, 0.25) is 0 Å². The van der Waals surface area contributed by atoms with Crippen LogP contribution in [0.3, 0.4) is 0 Å². The van der Waals surface area contributed by atoms with Crippen molar-refractivity contribution in [1.29, 1.82) is 0 Å². The average molecular weight is 317 g/mol. The standard InChI is InChI=1S/C12H9BrN6/c13-9-3-1-2-8(4-9)5-18-19-12-10-11(15-6-14-10)16-7-17-12/h1-7H,(H2,14,15,16,17,19)/b18-5+. The Morgan fingerprint density at radius 1 is 1.26 bits per heavy atom. The van der Waals surface area contributed by atoms with Crippen LogP contribution in [0, 0.1) is 0 Å². The summed E-state index contributed by atoms with van der Waals surface area (Å²) >= 11 is 3.41. The zero-order chi connectivity index (χ0) is 13.1. The maximum Gasteiger partial charge on any atom is 0.177 e. The number of fused-ring (bicyclic) bond motifs is 1. The molecule has 0 saturated carbocycles. The molecule has 3 aromatic rings. The average Bonchev–Trinajstić information content (AvgIpc) is 2.88. The van der Waals surface area contributed by atoms with E-state index in [0.717, 1.165) is 10.0 Å². The summed E-state index contributed by atoms with van der Waals surface area (Å²) in [6.45, 7) is 0. The van der Waals surface area contributed by atoms with Gasteiger partial charge in [-0.3, -0.25) is 5.43 Å². The minimum absolute atomic E-state index is 0.567. The number of nitrogens with one attached hydrogen (secondary N) is 2. The third-order valence-corrected chi connectivity index (χ3v) is 2.94. The zero-order valence-electron chi connectivity index (χ0n) is 9.71. The number of aromatic nitrogens is 4. The normalized spacial score (nSPS) is 11.2. The summed E-state index contributed by atoms with van der Waals surface area (Å²) < 4.78 is 1.01. The number of hydrazone groups is 1. The van der Waals surface area contributed by atoms with E-state index in [4.69, 9.17) is 0 Å². The molecule has 6 nitrogen and oxygen atoms in total. The third kappa shape index (κ3) is 2.60. The van der Waals surface area contributed by atoms with Gasteiger partial charge >= 0.3 is 0 Å². The summed E-state index contributed by atoms with van der Waals surface area (Å²) in [5, 5.41) is 4.14. The summed E-state index contributed by atoms with van der Waals surface area (Å²) in [7, 11) is 0. The number of hydrogen-bond acceptors (Lipinski definition) is 5. The molecule has 7 heteroatoms. The van der Waals surface area contributed by atoms with E-state index in [1.165, 1.54) is 6.33 Å². The first-order chi connectivity index (χ1) is 9.33. The van der Waals surface area contributed by atoms with Crippen LogP contribution in [-0.4, -0.2) is 26.2 Å². The van der Waals surface area contributed by atoms with Gasteiger partial charge in [-0.1, -0.05) is 28.1 Å². The molecule has 0 atom stereocenters. The number of aromatic amines is 1. The van der Waals surface area contributed by atoms with Gasteiger partial charge < -0.3 is 4.98 Å². The van der Waals surface area contributed by atoms with Gasteiger partial charge in [0.15, 0.2) is 17.0 Å². The molecule has 0 unspecified atom stereocenters. The molecule has 3 rings (SSSR count). The number of H-pyrrole nitrogens is 1. The monoisotopic (exact) mass is 316 g/mol. The van der Waals surface area contributed by atoms with E-state index < -0.39 is 0 Å². The first-order valence-electron chi connectivity index (χ1n) is 5.51. The second-order valence-electron chi connectivity index (χ2n) is 3.75. The van der Waals surface area contributed by atoms with Gasteiger partial charge in [0, 0.05) is 4.47 Å². The van der Waals surface area contributed by atoms with Crippen LogP contribution in [-0.2, 0) is 0 Å². The number of hydrogen-bond donors (Lipinski definition) is 2. The maximum atomic E-state index is 4.14. The van der Waals surface area contributed by atoms with Crippen molar-refractivity contribution < 1.29 is 0 Å². The van der Waals surface area contributed by atoms with Gasteiger partial charge in [0.1, 0.15) is 6.33 Å². The first kappa shape index (κ1) is 11.8. The van der Waals surface area contributed by atoms with Crippen molar-refractivity contribution in [1.82, 2.24) is 19.9 Å². The minimum atomic E-state index is 0.567. The van der Waals surface area contributed by atoms with E-state index in [9.17, 15) is 0 Å². The molecule has 0 aliphatic carbocycles. The Morgan fingerprint density at radius 3 is 3.11 bits per heavy atom. The zero-order valence-corrected chi connectivity index (χ0v) is 11.3. The Morgan fingerprint density at radius 2 is 2.21 bits per heavy atom. The summed E-state index contributed by atoms with van der Waals surface area (Å²) in [6.07, 6.45) is 4.74. The highest BCUT2D eigenvalue weighted by atomic mass is 79.9. The summed E-state index contributed by atoms with van der Waals surface area (Å²) in [5.41, 5.74) is 5.18. The van der Waals surface area contributed by atoms with Crippen LogP contribution in [0.15, 0.2) is 46.5 Å². The van der Waals surface area contributed by atoms with Crippen LogP contribution in [0.5, 0.6) is 0 Å². The second-order valence-corrected chi connectivity index (χ2v) is 4.66. The molecule has 0 saturated heterocycles. The number of benzene rings is 1. The summed E-state index contributed by atoms with van der Waals surface area (Å²) in [5.74, 6) is 0.567. The lowest BCUT2D eigenvalue weighted by Gasteiger charge is -1.99. The number of imidazole rings is 1. The molecule has 19 heavy (non-hydrogen) atoms. The molecule has 0 aliphatic heterocycles. The van der Waals surface area contributed by atoms with Crippen LogP contribution >= 0.6 is 15.9 Å². The van der Waals surface area contributed by atoms with Crippen molar-refractivity contribution in [2.75, 3.05) is 5.43 Å². The molecule has 0 fully saturated rings. The van der Waals surface area contributed by atoms with Crippen molar-refractivity contribution >= 4 is 39.1 Å². The van der Waals surface area contributed by atoms with E-state index in [1.807, 2.05) is 24.3 Å². The quantitative estimate of drug-likeness (QED) is 0.575. The van der Waals surface area contributed by atoms with Crippen LogP contribution in [0.25, 0.3) is 11.2 Å². The molecule has 0 bridgehead atoms. The Labute approximate surface area is 117 Å². The van der Waals surface area contributed by atoms with Crippen LogP contribution < -0.4 is 5.43 Å². The van der Waals surface area contributed by atoms with Gasteiger partial charge in [0.25, 0.3) is 0 Å². The fraction of sp³-hybridized carbons (Fsp3) is 0. The number of rotatable bonds is 3. The largest absolute Gasteiger partial charge is 0.329 e. The van der Waals surface area contributed by atoms with Crippen molar-refractivity contribution in [2.45, 2.75) is 0 Å².